The molecular formula is C24H24N2O2S. The van der Waals surface area contributed by atoms with Crippen molar-refractivity contribution in [2.75, 3.05) is 6.61 Å². The average molecular weight is 405 g/mol. The molecule has 0 bridgehead atoms. The molecule has 0 saturated heterocycles. The summed E-state index contributed by atoms with van der Waals surface area (Å²) in [6.45, 7) is 2.60. The lowest BCUT2D eigenvalue weighted by Gasteiger charge is -2.11. The number of hydrogen-bond acceptors (Lipinski definition) is 4. The van der Waals surface area contributed by atoms with E-state index in [2.05, 4.69) is 17.1 Å². The van der Waals surface area contributed by atoms with E-state index < -0.39 is 0 Å². The van der Waals surface area contributed by atoms with Gasteiger partial charge in [-0.15, -0.1) is 11.3 Å². The number of H-pyrrole nitrogens is 1. The molecule has 0 atom stereocenters. The molecule has 0 saturated carbocycles. The van der Waals surface area contributed by atoms with Crippen molar-refractivity contribution in [1.82, 2.24) is 9.97 Å². The van der Waals surface area contributed by atoms with Crippen molar-refractivity contribution < 1.29 is 4.74 Å². The zero-order valence-electron chi connectivity index (χ0n) is 16.6. The number of benzene rings is 2. The number of thiophene rings is 1. The lowest BCUT2D eigenvalue weighted by molar-refractivity contribution is 0.344. The fourth-order valence-corrected chi connectivity index (χ4v) is 5.67. The maximum Gasteiger partial charge on any atom is 0.260 e. The van der Waals surface area contributed by atoms with Gasteiger partial charge in [-0.05, 0) is 55.7 Å². The van der Waals surface area contributed by atoms with Crippen LogP contribution in [0.2, 0.25) is 0 Å². The van der Waals surface area contributed by atoms with Crippen LogP contribution in [0, 0.1) is 0 Å². The highest BCUT2D eigenvalue weighted by molar-refractivity contribution is 7.18. The Morgan fingerprint density at radius 3 is 2.66 bits per heavy atom. The highest BCUT2D eigenvalue weighted by atomic mass is 32.1. The predicted octanol–water partition coefficient (Wildman–Crippen LogP) is 5.86. The minimum absolute atomic E-state index is 0.0129. The molecule has 5 rings (SSSR count). The van der Waals surface area contributed by atoms with E-state index in [0.717, 1.165) is 51.6 Å². The molecule has 2 heterocycles. The van der Waals surface area contributed by atoms with Crippen LogP contribution in [-0.2, 0) is 12.8 Å². The maximum absolute atomic E-state index is 13.1. The average Bonchev–Trinajstić information content (AvgIpc) is 3.05. The lowest BCUT2D eigenvalue weighted by atomic mass is 9.98. The van der Waals surface area contributed by atoms with Gasteiger partial charge in [0.05, 0.1) is 12.0 Å². The zero-order chi connectivity index (χ0) is 19.8. The van der Waals surface area contributed by atoms with Crippen molar-refractivity contribution in [3.05, 3.63) is 57.2 Å². The van der Waals surface area contributed by atoms with E-state index in [0.29, 0.717) is 12.4 Å². The van der Waals surface area contributed by atoms with Gasteiger partial charge in [-0.2, -0.15) is 0 Å². The number of fused-ring (bicyclic) bond motifs is 4. The molecule has 0 fully saturated rings. The second-order valence-electron chi connectivity index (χ2n) is 7.60. The monoisotopic (exact) mass is 404 g/mol. The van der Waals surface area contributed by atoms with E-state index in [-0.39, 0.29) is 5.56 Å². The van der Waals surface area contributed by atoms with Gasteiger partial charge in [-0.1, -0.05) is 37.1 Å². The Hall–Kier alpha value is -2.66. The van der Waals surface area contributed by atoms with Crippen LogP contribution < -0.4 is 10.3 Å². The summed E-state index contributed by atoms with van der Waals surface area (Å²) < 4.78 is 5.79. The van der Waals surface area contributed by atoms with Crippen molar-refractivity contribution in [3.8, 4) is 17.1 Å². The fourth-order valence-electron chi connectivity index (χ4n) is 4.40. The molecule has 1 aliphatic rings. The van der Waals surface area contributed by atoms with Crippen LogP contribution in [0.1, 0.15) is 43.0 Å². The number of ether oxygens (including phenoxy) is 1. The summed E-state index contributed by atoms with van der Waals surface area (Å²) in [7, 11) is 0. The highest BCUT2D eigenvalue weighted by Crippen LogP contribution is 2.36. The fraction of sp³-hybridized carbons (Fsp3) is 0.333. The molecule has 0 radical (unpaired) electrons. The third-order valence-electron chi connectivity index (χ3n) is 5.76. The summed E-state index contributed by atoms with van der Waals surface area (Å²) in [6.07, 6.45) is 6.94. The quantitative estimate of drug-likeness (QED) is 0.465. The number of aromatic nitrogens is 2. The number of hydrogen-bond donors (Lipinski definition) is 1. The largest absolute Gasteiger partial charge is 0.493 e. The molecule has 29 heavy (non-hydrogen) atoms. The van der Waals surface area contributed by atoms with E-state index in [1.807, 2.05) is 31.2 Å². The molecule has 0 amide bonds. The Balaban J connectivity index is 1.70. The lowest BCUT2D eigenvalue weighted by Crippen LogP contribution is -2.10. The summed E-state index contributed by atoms with van der Waals surface area (Å²) in [5, 5.41) is 2.88. The minimum Gasteiger partial charge on any atom is -0.493 e. The summed E-state index contributed by atoms with van der Waals surface area (Å²) >= 11 is 1.71. The van der Waals surface area contributed by atoms with Crippen LogP contribution in [0.5, 0.6) is 5.75 Å². The molecule has 4 nitrogen and oxygen atoms in total. The Bertz CT molecular complexity index is 1260. The first kappa shape index (κ1) is 18.4. The van der Waals surface area contributed by atoms with Crippen molar-refractivity contribution in [2.24, 2.45) is 0 Å². The van der Waals surface area contributed by atoms with Gasteiger partial charge in [0, 0.05) is 15.8 Å². The van der Waals surface area contributed by atoms with Gasteiger partial charge >= 0.3 is 0 Å². The second kappa shape index (κ2) is 7.64. The molecule has 148 valence electrons. The zero-order valence-corrected chi connectivity index (χ0v) is 17.4. The van der Waals surface area contributed by atoms with Crippen molar-refractivity contribution in [2.45, 2.75) is 45.4 Å². The van der Waals surface area contributed by atoms with E-state index in [4.69, 9.17) is 9.72 Å². The van der Waals surface area contributed by atoms with Gasteiger partial charge in [-0.3, -0.25) is 4.79 Å². The number of nitrogens with one attached hydrogen (secondary N) is 1. The normalized spacial score (nSPS) is 14.5. The van der Waals surface area contributed by atoms with E-state index in [1.165, 1.54) is 29.7 Å². The second-order valence-corrected chi connectivity index (χ2v) is 8.69. The molecule has 2 aromatic carbocycles. The van der Waals surface area contributed by atoms with Crippen LogP contribution in [0.3, 0.4) is 0 Å². The first-order chi connectivity index (χ1) is 14.3. The van der Waals surface area contributed by atoms with Gasteiger partial charge in [0.1, 0.15) is 16.4 Å². The number of aryl methyl sites for hydroxylation is 2. The van der Waals surface area contributed by atoms with Gasteiger partial charge < -0.3 is 9.72 Å². The Labute approximate surface area is 173 Å². The first-order valence-electron chi connectivity index (χ1n) is 10.5. The van der Waals surface area contributed by atoms with Crippen molar-refractivity contribution in [1.29, 1.82) is 0 Å². The van der Waals surface area contributed by atoms with Crippen molar-refractivity contribution in [3.63, 3.8) is 0 Å². The summed E-state index contributed by atoms with van der Waals surface area (Å²) in [4.78, 5) is 23.3. The van der Waals surface area contributed by atoms with Gasteiger partial charge in [0.25, 0.3) is 5.56 Å². The highest BCUT2D eigenvalue weighted by Gasteiger charge is 2.19. The van der Waals surface area contributed by atoms with E-state index in [9.17, 15) is 4.79 Å². The molecule has 1 aliphatic carbocycles. The summed E-state index contributed by atoms with van der Waals surface area (Å²) in [5.41, 5.74) is 2.16. The Morgan fingerprint density at radius 1 is 1.03 bits per heavy atom. The van der Waals surface area contributed by atoms with Crippen LogP contribution in [0.15, 0.2) is 41.2 Å². The van der Waals surface area contributed by atoms with Crippen LogP contribution in [-0.4, -0.2) is 16.6 Å². The van der Waals surface area contributed by atoms with Crippen LogP contribution in [0.25, 0.3) is 32.4 Å². The molecule has 4 aromatic rings. The Morgan fingerprint density at radius 2 is 1.83 bits per heavy atom. The summed E-state index contributed by atoms with van der Waals surface area (Å²) in [5.74, 6) is 1.49. The molecule has 0 unspecified atom stereocenters. The molecule has 0 spiro atoms. The molecule has 0 aliphatic heterocycles. The number of rotatable bonds is 3. The number of nitrogens with zero attached hydrogens (tertiary/aromatic N) is 1. The maximum atomic E-state index is 13.1. The van der Waals surface area contributed by atoms with Crippen LogP contribution in [0.4, 0.5) is 0 Å². The standard InChI is InChI=1S/C24H24N2O2S/c1-2-28-19-14-13-17(15-9-7-8-10-16(15)19)22-25-23(27)21-18-11-5-3-4-6-12-20(18)29-24(21)26-22/h7-10,13-14H,2-6,11-12H2,1H3,(H,25,26,27). The van der Waals surface area contributed by atoms with Crippen molar-refractivity contribution >= 4 is 32.3 Å². The predicted molar refractivity (Wildman–Crippen MR) is 120 cm³/mol. The minimum atomic E-state index is -0.0129. The van der Waals surface area contributed by atoms with Gasteiger partial charge in [0.15, 0.2) is 0 Å². The first-order valence-corrected chi connectivity index (χ1v) is 11.3. The van der Waals surface area contributed by atoms with E-state index in [1.54, 1.807) is 11.3 Å². The summed E-state index contributed by atoms with van der Waals surface area (Å²) in [6, 6.07) is 12.1. The van der Waals surface area contributed by atoms with Crippen LogP contribution >= 0.6 is 11.3 Å². The van der Waals surface area contributed by atoms with E-state index >= 15 is 0 Å². The number of aromatic amines is 1. The van der Waals surface area contributed by atoms with Gasteiger partial charge in [0.2, 0.25) is 0 Å². The molecule has 5 heteroatoms. The van der Waals surface area contributed by atoms with Gasteiger partial charge in [-0.25, -0.2) is 4.98 Å². The Kier molecular flexibility index (Phi) is 4.84. The topological polar surface area (TPSA) is 55.0 Å². The smallest absolute Gasteiger partial charge is 0.260 e. The third kappa shape index (κ3) is 3.23. The molecule has 1 N–H and O–H groups in total. The third-order valence-corrected chi connectivity index (χ3v) is 6.95. The molecule has 2 aromatic heterocycles. The SMILES string of the molecule is CCOc1ccc(-c2nc3sc4c(c3c(=O)[nH]2)CCCCCC4)c2ccccc12. The molecular weight excluding hydrogens is 380 g/mol.